The lowest BCUT2D eigenvalue weighted by Crippen LogP contribution is -2.06. The molecule has 0 amide bonds. The van der Waals surface area contributed by atoms with Gasteiger partial charge in [0.15, 0.2) is 0 Å². The standard InChI is InChI=1S/C22H30O2/c1-4-5-6-7-8-13-18(19-14-9-11-16-21(19)23-2)20-15-10-12-17-22(20)24-3/h9-12,14-18H,4-8,13H2,1-3H3. The maximum Gasteiger partial charge on any atom is 0.122 e. The number of hydrogen-bond donors (Lipinski definition) is 0. The minimum Gasteiger partial charge on any atom is -0.496 e. The summed E-state index contributed by atoms with van der Waals surface area (Å²) in [7, 11) is 3.50. The third kappa shape index (κ3) is 4.77. The van der Waals surface area contributed by atoms with Crippen molar-refractivity contribution in [3.63, 3.8) is 0 Å². The highest BCUT2D eigenvalue weighted by Crippen LogP contribution is 2.39. The number of para-hydroxylation sites is 2. The molecule has 0 saturated carbocycles. The van der Waals surface area contributed by atoms with Crippen LogP contribution in [-0.2, 0) is 0 Å². The lowest BCUT2D eigenvalue weighted by atomic mass is 9.85. The molecule has 0 saturated heterocycles. The highest BCUT2D eigenvalue weighted by molar-refractivity contribution is 5.47. The molecule has 0 aliphatic carbocycles. The van der Waals surface area contributed by atoms with Crippen LogP contribution in [-0.4, -0.2) is 14.2 Å². The Morgan fingerprint density at radius 2 is 1.21 bits per heavy atom. The normalized spacial score (nSPS) is 10.8. The van der Waals surface area contributed by atoms with Gasteiger partial charge >= 0.3 is 0 Å². The summed E-state index contributed by atoms with van der Waals surface area (Å²) >= 11 is 0. The molecule has 0 aliphatic rings. The first kappa shape index (κ1) is 18.4. The second kappa shape index (κ2) is 10.0. The molecule has 130 valence electrons. The van der Waals surface area contributed by atoms with Crippen LogP contribution >= 0.6 is 0 Å². The molecule has 0 N–H and O–H groups in total. The monoisotopic (exact) mass is 326 g/mol. The summed E-state index contributed by atoms with van der Waals surface area (Å²) in [6.45, 7) is 2.26. The van der Waals surface area contributed by atoms with E-state index in [1.807, 2.05) is 12.1 Å². The summed E-state index contributed by atoms with van der Waals surface area (Å²) in [5.41, 5.74) is 2.50. The molecule has 0 fully saturated rings. The molecule has 0 bridgehead atoms. The van der Waals surface area contributed by atoms with Crippen LogP contribution < -0.4 is 9.47 Å². The van der Waals surface area contributed by atoms with E-state index in [0.717, 1.165) is 17.9 Å². The zero-order valence-corrected chi connectivity index (χ0v) is 15.3. The third-order valence-corrected chi connectivity index (χ3v) is 4.63. The second-order valence-electron chi connectivity index (χ2n) is 6.24. The average Bonchev–Trinajstić information content (AvgIpc) is 2.65. The Bertz CT molecular complexity index is 559. The van der Waals surface area contributed by atoms with Gasteiger partial charge in [-0.05, 0) is 18.6 Å². The first-order chi connectivity index (χ1) is 11.8. The van der Waals surface area contributed by atoms with Crippen molar-refractivity contribution < 1.29 is 9.47 Å². The fraction of sp³-hybridized carbons (Fsp3) is 0.455. The molecule has 2 heteroatoms. The van der Waals surface area contributed by atoms with E-state index in [9.17, 15) is 0 Å². The largest absolute Gasteiger partial charge is 0.496 e. The summed E-state index contributed by atoms with van der Waals surface area (Å²) in [6.07, 6.45) is 7.55. The number of hydrogen-bond acceptors (Lipinski definition) is 2. The molecule has 0 spiro atoms. The number of methoxy groups -OCH3 is 2. The Morgan fingerprint density at radius 1 is 0.708 bits per heavy atom. The van der Waals surface area contributed by atoms with Crippen molar-refractivity contribution in [3.05, 3.63) is 59.7 Å². The maximum atomic E-state index is 5.63. The van der Waals surface area contributed by atoms with Crippen molar-refractivity contribution in [3.8, 4) is 11.5 Å². The van der Waals surface area contributed by atoms with Crippen LogP contribution in [0.25, 0.3) is 0 Å². The fourth-order valence-electron chi connectivity index (χ4n) is 3.34. The van der Waals surface area contributed by atoms with Crippen LogP contribution in [0.1, 0.15) is 62.5 Å². The van der Waals surface area contributed by atoms with Gasteiger partial charge in [-0.25, -0.2) is 0 Å². The van der Waals surface area contributed by atoms with Gasteiger partial charge in [-0.15, -0.1) is 0 Å². The van der Waals surface area contributed by atoms with Crippen LogP contribution in [0.4, 0.5) is 0 Å². The summed E-state index contributed by atoms with van der Waals surface area (Å²) in [5, 5.41) is 0. The molecule has 0 aromatic heterocycles. The van der Waals surface area contributed by atoms with Crippen LogP contribution in [0.2, 0.25) is 0 Å². The summed E-state index contributed by atoms with van der Waals surface area (Å²) in [6, 6.07) is 16.7. The van der Waals surface area contributed by atoms with Gasteiger partial charge in [0.05, 0.1) is 14.2 Å². The van der Waals surface area contributed by atoms with Crippen molar-refractivity contribution in [2.45, 2.75) is 51.4 Å². The minimum atomic E-state index is 0.305. The highest BCUT2D eigenvalue weighted by Gasteiger charge is 2.20. The van der Waals surface area contributed by atoms with E-state index in [2.05, 4.69) is 43.3 Å². The molecule has 0 unspecified atom stereocenters. The Labute approximate surface area is 146 Å². The van der Waals surface area contributed by atoms with E-state index in [-0.39, 0.29) is 0 Å². The Hall–Kier alpha value is -1.96. The number of ether oxygens (including phenoxy) is 2. The second-order valence-corrected chi connectivity index (χ2v) is 6.24. The van der Waals surface area contributed by atoms with Gasteiger partial charge in [0, 0.05) is 17.0 Å². The lowest BCUT2D eigenvalue weighted by molar-refractivity contribution is 0.396. The smallest absolute Gasteiger partial charge is 0.122 e. The van der Waals surface area contributed by atoms with Gasteiger partial charge in [-0.1, -0.05) is 75.4 Å². The van der Waals surface area contributed by atoms with Crippen LogP contribution in [0.5, 0.6) is 11.5 Å². The summed E-state index contributed by atoms with van der Waals surface area (Å²) < 4.78 is 11.3. The molecule has 2 aromatic rings. The molecule has 0 aliphatic heterocycles. The number of benzene rings is 2. The first-order valence-corrected chi connectivity index (χ1v) is 9.07. The molecule has 2 aromatic carbocycles. The zero-order valence-electron chi connectivity index (χ0n) is 15.3. The Balaban J connectivity index is 2.27. The number of unbranched alkanes of at least 4 members (excludes halogenated alkanes) is 4. The predicted octanol–water partition coefficient (Wildman–Crippen LogP) is 6.20. The van der Waals surface area contributed by atoms with E-state index in [4.69, 9.17) is 9.47 Å². The third-order valence-electron chi connectivity index (χ3n) is 4.63. The van der Waals surface area contributed by atoms with Crippen molar-refractivity contribution in [2.75, 3.05) is 14.2 Å². The molecule has 0 radical (unpaired) electrons. The van der Waals surface area contributed by atoms with Crippen molar-refractivity contribution in [1.82, 2.24) is 0 Å². The first-order valence-electron chi connectivity index (χ1n) is 9.07. The molecular weight excluding hydrogens is 296 g/mol. The van der Waals surface area contributed by atoms with Crippen molar-refractivity contribution in [1.29, 1.82) is 0 Å². The molecule has 2 rings (SSSR count). The molecular formula is C22H30O2. The minimum absolute atomic E-state index is 0.305. The summed E-state index contributed by atoms with van der Waals surface area (Å²) in [4.78, 5) is 0. The molecule has 2 nitrogen and oxygen atoms in total. The zero-order chi connectivity index (χ0) is 17.2. The Kier molecular flexibility index (Phi) is 7.67. The molecule has 0 heterocycles. The SMILES string of the molecule is CCCCCCCC(c1ccccc1OC)c1ccccc1OC. The van der Waals surface area contributed by atoms with Crippen LogP contribution in [0.15, 0.2) is 48.5 Å². The van der Waals surface area contributed by atoms with E-state index >= 15 is 0 Å². The predicted molar refractivity (Wildman–Crippen MR) is 101 cm³/mol. The fourth-order valence-corrected chi connectivity index (χ4v) is 3.34. The van der Waals surface area contributed by atoms with Gasteiger partial charge in [0.25, 0.3) is 0 Å². The lowest BCUT2D eigenvalue weighted by Gasteiger charge is -2.22. The molecule has 0 atom stereocenters. The van der Waals surface area contributed by atoms with Gasteiger partial charge < -0.3 is 9.47 Å². The molecule has 24 heavy (non-hydrogen) atoms. The Morgan fingerprint density at radius 3 is 1.71 bits per heavy atom. The summed E-state index contributed by atoms with van der Waals surface area (Å²) in [5.74, 6) is 2.22. The average molecular weight is 326 g/mol. The van der Waals surface area contributed by atoms with E-state index in [1.54, 1.807) is 14.2 Å². The maximum absolute atomic E-state index is 5.63. The van der Waals surface area contributed by atoms with Gasteiger partial charge in [-0.2, -0.15) is 0 Å². The van der Waals surface area contributed by atoms with Gasteiger partial charge in [0.2, 0.25) is 0 Å². The number of rotatable bonds is 10. The van der Waals surface area contributed by atoms with E-state index in [1.165, 1.54) is 43.2 Å². The van der Waals surface area contributed by atoms with Crippen molar-refractivity contribution in [2.24, 2.45) is 0 Å². The van der Waals surface area contributed by atoms with Crippen LogP contribution in [0, 0.1) is 0 Å². The quantitative estimate of drug-likeness (QED) is 0.484. The topological polar surface area (TPSA) is 18.5 Å². The van der Waals surface area contributed by atoms with Gasteiger partial charge in [-0.3, -0.25) is 0 Å². The van der Waals surface area contributed by atoms with Crippen molar-refractivity contribution >= 4 is 0 Å². The van der Waals surface area contributed by atoms with Crippen LogP contribution in [0.3, 0.4) is 0 Å². The van der Waals surface area contributed by atoms with Gasteiger partial charge in [0.1, 0.15) is 11.5 Å². The highest BCUT2D eigenvalue weighted by atomic mass is 16.5. The van der Waals surface area contributed by atoms with E-state index < -0.39 is 0 Å². The van der Waals surface area contributed by atoms with E-state index in [0.29, 0.717) is 5.92 Å².